The van der Waals surface area contributed by atoms with Crippen molar-refractivity contribution in [1.82, 2.24) is 4.98 Å². The van der Waals surface area contributed by atoms with Crippen LogP contribution in [0.2, 0.25) is 10.0 Å². The number of nitrogens with zero attached hydrogens (tertiary/aromatic N) is 1. The van der Waals surface area contributed by atoms with Gasteiger partial charge in [-0.25, -0.2) is 9.37 Å². The molecule has 0 aliphatic carbocycles. The third-order valence-electron chi connectivity index (χ3n) is 2.86. The van der Waals surface area contributed by atoms with Gasteiger partial charge in [-0.1, -0.05) is 23.2 Å². The van der Waals surface area contributed by atoms with Gasteiger partial charge in [0.15, 0.2) is 11.6 Å². The second-order valence-corrected chi connectivity index (χ2v) is 5.10. The molecule has 2 aromatic rings. The molecule has 1 heterocycles. The van der Waals surface area contributed by atoms with Crippen molar-refractivity contribution >= 4 is 35.2 Å². The molecular formula is C14H12Cl2FN3O. The molecule has 0 amide bonds. The molecule has 0 aliphatic heterocycles. The van der Waals surface area contributed by atoms with Crippen molar-refractivity contribution in [3.05, 3.63) is 51.4 Å². The molecule has 0 saturated carbocycles. The molecule has 0 fully saturated rings. The van der Waals surface area contributed by atoms with E-state index in [1.807, 2.05) is 0 Å². The number of anilines is 1. The molecular weight excluding hydrogens is 316 g/mol. The number of pyridine rings is 1. The molecule has 21 heavy (non-hydrogen) atoms. The number of hydrogen-bond donors (Lipinski definition) is 2. The Balaban J connectivity index is 2.36. The van der Waals surface area contributed by atoms with E-state index in [-0.39, 0.29) is 16.6 Å². The monoisotopic (exact) mass is 327 g/mol. The molecule has 4 nitrogen and oxygen atoms in total. The average molecular weight is 328 g/mol. The minimum atomic E-state index is -0.634. The average Bonchev–Trinajstić information content (AvgIpc) is 2.46. The van der Waals surface area contributed by atoms with Gasteiger partial charge < -0.3 is 15.9 Å². The lowest BCUT2D eigenvalue weighted by molar-refractivity contribution is 0.227. The molecule has 0 aliphatic rings. The van der Waals surface area contributed by atoms with Crippen molar-refractivity contribution in [3.8, 4) is 5.75 Å². The summed E-state index contributed by atoms with van der Waals surface area (Å²) in [5, 5.41) is 7.40. The molecule has 0 spiro atoms. The molecule has 110 valence electrons. The highest BCUT2D eigenvalue weighted by Crippen LogP contribution is 2.35. The second-order valence-electron chi connectivity index (χ2n) is 4.31. The van der Waals surface area contributed by atoms with Crippen LogP contribution in [0.25, 0.3) is 0 Å². The van der Waals surface area contributed by atoms with Crippen LogP contribution in [0.4, 0.5) is 10.2 Å². The van der Waals surface area contributed by atoms with Crippen LogP contribution in [0.15, 0.2) is 24.4 Å². The molecule has 1 unspecified atom stereocenters. The number of rotatable bonds is 4. The number of halogens is 3. The van der Waals surface area contributed by atoms with Crippen molar-refractivity contribution in [2.45, 2.75) is 13.0 Å². The summed E-state index contributed by atoms with van der Waals surface area (Å²) in [5.74, 6) is -0.137. The number of hydrogen-bond acceptors (Lipinski definition) is 4. The smallest absolute Gasteiger partial charge is 0.166 e. The first-order valence-electron chi connectivity index (χ1n) is 6.00. The van der Waals surface area contributed by atoms with Gasteiger partial charge in [-0.2, -0.15) is 0 Å². The van der Waals surface area contributed by atoms with Gasteiger partial charge >= 0.3 is 0 Å². The summed E-state index contributed by atoms with van der Waals surface area (Å²) < 4.78 is 19.2. The van der Waals surface area contributed by atoms with Crippen LogP contribution in [0.3, 0.4) is 0 Å². The van der Waals surface area contributed by atoms with Crippen molar-refractivity contribution in [3.63, 3.8) is 0 Å². The van der Waals surface area contributed by atoms with Gasteiger partial charge in [0.1, 0.15) is 11.9 Å². The Morgan fingerprint density at radius 3 is 2.81 bits per heavy atom. The minimum absolute atomic E-state index is 0.0928. The Morgan fingerprint density at radius 2 is 2.14 bits per heavy atom. The Morgan fingerprint density at radius 1 is 1.43 bits per heavy atom. The number of nitrogens with one attached hydrogen (secondary N) is 1. The largest absolute Gasteiger partial charge is 0.482 e. The standard InChI is InChI=1S/C14H12Cl2FN3O/c1-7(12-9(15)2-3-10(17)13(12)16)21-11-4-8(5-18)6-20-14(11)19/h2-7,18H,1H3,(H2,19,20). The van der Waals surface area contributed by atoms with Crippen molar-refractivity contribution in [2.75, 3.05) is 5.73 Å². The van der Waals surface area contributed by atoms with Crippen molar-refractivity contribution < 1.29 is 9.13 Å². The lowest BCUT2D eigenvalue weighted by atomic mass is 10.1. The fourth-order valence-corrected chi connectivity index (χ4v) is 2.49. The van der Waals surface area contributed by atoms with E-state index >= 15 is 0 Å². The lowest BCUT2D eigenvalue weighted by Gasteiger charge is -2.19. The zero-order valence-corrected chi connectivity index (χ0v) is 12.5. The summed E-state index contributed by atoms with van der Waals surface area (Å²) in [4.78, 5) is 3.92. The Bertz CT molecular complexity index is 694. The van der Waals surface area contributed by atoms with Gasteiger partial charge in [0.05, 0.1) is 5.02 Å². The van der Waals surface area contributed by atoms with Crippen LogP contribution in [0, 0.1) is 11.2 Å². The molecule has 0 radical (unpaired) electrons. The van der Waals surface area contributed by atoms with Crippen LogP contribution in [0.5, 0.6) is 5.75 Å². The third-order valence-corrected chi connectivity index (χ3v) is 3.57. The summed E-state index contributed by atoms with van der Waals surface area (Å²) in [6.07, 6.45) is 1.93. The van der Waals surface area contributed by atoms with E-state index in [1.54, 1.807) is 13.0 Å². The zero-order chi connectivity index (χ0) is 15.6. The Kier molecular flexibility index (Phi) is 4.65. The van der Waals surface area contributed by atoms with E-state index in [0.717, 1.165) is 6.21 Å². The number of ether oxygens (including phenoxy) is 1. The van der Waals surface area contributed by atoms with Crippen LogP contribution in [0.1, 0.15) is 24.2 Å². The van der Waals surface area contributed by atoms with Crippen molar-refractivity contribution in [1.29, 1.82) is 5.41 Å². The summed E-state index contributed by atoms with van der Waals surface area (Å²) in [7, 11) is 0. The maximum absolute atomic E-state index is 13.5. The molecule has 1 atom stereocenters. The molecule has 0 bridgehead atoms. The first kappa shape index (κ1) is 15.5. The fourth-order valence-electron chi connectivity index (χ4n) is 1.81. The highest BCUT2D eigenvalue weighted by molar-refractivity contribution is 6.36. The van der Waals surface area contributed by atoms with E-state index in [1.165, 1.54) is 18.3 Å². The van der Waals surface area contributed by atoms with Gasteiger partial charge in [-0.05, 0) is 25.1 Å². The molecule has 2 rings (SSSR count). The first-order chi connectivity index (χ1) is 9.93. The SMILES string of the molecule is CC(Oc1cc(C=N)cnc1N)c1c(Cl)ccc(F)c1Cl. The Hall–Kier alpha value is -1.85. The highest BCUT2D eigenvalue weighted by Gasteiger charge is 2.19. The number of aromatic nitrogens is 1. The first-order valence-corrected chi connectivity index (χ1v) is 6.75. The molecule has 0 saturated heterocycles. The van der Waals surface area contributed by atoms with Crippen LogP contribution in [-0.4, -0.2) is 11.2 Å². The van der Waals surface area contributed by atoms with Crippen LogP contribution < -0.4 is 10.5 Å². The van der Waals surface area contributed by atoms with Crippen molar-refractivity contribution in [2.24, 2.45) is 0 Å². The lowest BCUT2D eigenvalue weighted by Crippen LogP contribution is -2.08. The fraction of sp³-hybridized carbons (Fsp3) is 0.143. The van der Waals surface area contributed by atoms with Gasteiger partial charge in [-0.15, -0.1) is 0 Å². The zero-order valence-electron chi connectivity index (χ0n) is 11.0. The molecule has 1 aromatic heterocycles. The van der Waals surface area contributed by atoms with E-state index < -0.39 is 11.9 Å². The summed E-state index contributed by atoms with van der Waals surface area (Å²) in [5.41, 5.74) is 6.59. The quantitative estimate of drug-likeness (QED) is 0.651. The topological polar surface area (TPSA) is 72.0 Å². The van der Waals surface area contributed by atoms with Gasteiger partial charge in [0.25, 0.3) is 0 Å². The highest BCUT2D eigenvalue weighted by atomic mass is 35.5. The van der Waals surface area contributed by atoms with E-state index in [0.29, 0.717) is 16.1 Å². The Labute approximate surface area is 131 Å². The van der Waals surface area contributed by atoms with E-state index in [9.17, 15) is 4.39 Å². The predicted octanol–water partition coefficient (Wildman–Crippen LogP) is 4.25. The molecule has 3 N–H and O–H groups in total. The molecule has 1 aromatic carbocycles. The van der Waals surface area contributed by atoms with Gasteiger partial charge in [0.2, 0.25) is 0 Å². The van der Waals surface area contributed by atoms with Gasteiger partial charge in [0, 0.05) is 28.6 Å². The van der Waals surface area contributed by atoms with Crippen LogP contribution >= 0.6 is 23.2 Å². The number of benzene rings is 1. The van der Waals surface area contributed by atoms with E-state index in [2.05, 4.69) is 4.98 Å². The maximum atomic E-state index is 13.5. The maximum Gasteiger partial charge on any atom is 0.166 e. The predicted molar refractivity (Wildman–Crippen MR) is 82.0 cm³/mol. The summed E-state index contributed by atoms with van der Waals surface area (Å²) in [6.45, 7) is 1.67. The van der Waals surface area contributed by atoms with Crippen LogP contribution in [-0.2, 0) is 0 Å². The normalized spacial score (nSPS) is 12.0. The van der Waals surface area contributed by atoms with Gasteiger partial charge in [-0.3, -0.25) is 0 Å². The third kappa shape index (κ3) is 3.25. The number of nitrogens with two attached hydrogens (primary N) is 1. The minimum Gasteiger partial charge on any atom is -0.482 e. The molecule has 7 heteroatoms. The number of nitrogen functional groups attached to an aromatic ring is 1. The van der Waals surface area contributed by atoms with E-state index in [4.69, 9.17) is 39.1 Å². The summed E-state index contributed by atoms with van der Waals surface area (Å²) in [6, 6.07) is 4.16. The summed E-state index contributed by atoms with van der Waals surface area (Å²) >= 11 is 12.0. The second kappa shape index (κ2) is 6.28.